The quantitative estimate of drug-likeness (QED) is 0.113. The van der Waals surface area contributed by atoms with Crippen LogP contribution in [0.1, 0.15) is 46.6 Å². The van der Waals surface area contributed by atoms with E-state index < -0.39 is 24.3 Å². The number of thioether (sulfide) groups is 1. The van der Waals surface area contributed by atoms with Gasteiger partial charge in [-0.25, -0.2) is 9.59 Å². The lowest BCUT2D eigenvalue weighted by Crippen LogP contribution is -2.47. The fourth-order valence-corrected chi connectivity index (χ4v) is 6.47. The number of rotatable bonds is 13. The maximum absolute atomic E-state index is 12.7. The molecule has 5 aromatic rings. The van der Waals surface area contributed by atoms with E-state index >= 15 is 0 Å². The molecule has 0 radical (unpaired) electrons. The van der Waals surface area contributed by atoms with Crippen LogP contribution in [0, 0.1) is 0 Å². The van der Waals surface area contributed by atoms with Crippen LogP contribution in [0.5, 0.6) is 0 Å². The van der Waals surface area contributed by atoms with E-state index in [4.69, 9.17) is 14.2 Å². The molecule has 4 atom stereocenters. The Labute approximate surface area is 294 Å². The van der Waals surface area contributed by atoms with E-state index in [1.54, 1.807) is 4.68 Å². The molecule has 1 aliphatic heterocycles. The summed E-state index contributed by atoms with van der Waals surface area (Å²) in [6, 6.07) is 33.2. The molecule has 0 bridgehead atoms. The van der Waals surface area contributed by atoms with Crippen molar-refractivity contribution < 1.29 is 28.9 Å². The molecule has 1 aliphatic rings. The van der Waals surface area contributed by atoms with E-state index in [1.807, 2.05) is 109 Å². The van der Waals surface area contributed by atoms with Crippen molar-refractivity contribution >= 4 is 23.8 Å². The maximum Gasteiger partial charge on any atom is 0.328 e. The Morgan fingerprint density at radius 1 is 0.900 bits per heavy atom. The number of esters is 1. The second-order valence-electron chi connectivity index (χ2n) is 11.7. The van der Waals surface area contributed by atoms with E-state index in [9.17, 15) is 14.7 Å². The summed E-state index contributed by atoms with van der Waals surface area (Å²) in [7, 11) is 1.30. The molecule has 4 aromatic carbocycles. The molecule has 6 rings (SSSR count). The van der Waals surface area contributed by atoms with Gasteiger partial charge in [-0.05, 0) is 44.8 Å². The molecule has 1 aromatic heterocycles. The second-order valence-corrected chi connectivity index (χ2v) is 12.7. The Morgan fingerprint density at radius 3 is 2.28 bits per heavy atom. The third kappa shape index (κ3) is 9.12. The van der Waals surface area contributed by atoms with Gasteiger partial charge in [-0.2, -0.15) is 4.68 Å². The molecule has 258 valence electrons. The van der Waals surface area contributed by atoms with Crippen molar-refractivity contribution in [3.8, 4) is 5.69 Å². The zero-order chi connectivity index (χ0) is 34.7. The van der Waals surface area contributed by atoms with Gasteiger partial charge < -0.3 is 30.0 Å². The summed E-state index contributed by atoms with van der Waals surface area (Å²) < 4.78 is 19.6. The van der Waals surface area contributed by atoms with Gasteiger partial charge in [-0.3, -0.25) is 0 Å². The summed E-state index contributed by atoms with van der Waals surface area (Å²) in [5.41, 5.74) is 5.27. The monoisotopic (exact) mass is 694 g/mol. The number of benzene rings is 4. The summed E-state index contributed by atoms with van der Waals surface area (Å²) in [5.74, 6) is 0.0710. The molecule has 0 saturated carbocycles. The minimum absolute atomic E-state index is 0.0324. The molecule has 0 unspecified atom stereocenters. The lowest BCUT2D eigenvalue weighted by atomic mass is 10.0. The number of aromatic nitrogens is 4. The largest absolute Gasteiger partial charge is 0.467 e. The number of hydrogen-bond donors (Lipinski definition) is 3. The van der Waals surface area contributed by atoms with Gasteiger partial charge in [0.1, 0.15) is 6.04 Å². The number of urea groups is 1. The predicted molar refractivity (Wildman–Crippen MR) is 186 cm³/mol. The molecular weight excluding hydrogens is 657 g/mol. The number of aliphatic hydroxyl groups is 1. The average Bonchev–Trinajstić information content (AvgIpc) is 3.65. The van der Waals surface area contributed by atoms with E-state index in [0.29, 0.717) is 23.8 Å². The zero-order valence-electron chi connectivity index (χ0n) is 27.4. The smallest absolute Gasteiger partial charge is 0.328 e. The van der Waals surface area contributed by atoms with Crippen LogP contribution in [0.25, 0.3) is 5.69 Å². The van der Waals surface area contributed by atoms with E-state index in [0.717, 1.165) is 33.5 Å². The number of methoxy groups -OCH3 is 1. The number of amides is 2. The van der Waals surface area contributed by atoms with Gasteiger partial charge in [0, 0.05) is 30.7 Å². The van der Waals surface area contributed by atoms with E-state index in [-0.39, 0.29) is 25.4 Å². The van der Waals surface area contributed by atoms with Gasteiger partial charge >= 0.3 is 12.0 Å². The SMILES string of the molecule is COC(=O)[C@H](Cc1ccccc1)NC(=O)NCc1ccc([C@H]2O[C@@H](CSc3nnnn3-c3ccccc3)C[C@@H](c3ccc(CO)cc3)O2)cc1. The topological polar surface area (TPSA) is 150 Å². The van der Waals surface area contributed by atoms with Crippen LogP contribution in [0.2, 0.25) is 0 Å². The zero-order valence-corrected chi connectivity index (χ0v) is 28.2. The molecule has 13 heteroatoms. The highest BCUT2D eigenvalue weighted by Crippen LogP contribution is 2.39. The molecule has 2 amide bonds. The predicted octanol–water partition coefficient (Wildman–Crippen LogP) is 5.08. The number of para-hydroxylation sites is 1. The lowest BCUT2D eigenvalue weighted by molar-refractivity contribution is -0.245. The number of tetrazole rings is 1. The Hall–Kier alpha value is -5.08. The molecule has 0 spiro atoms. The lowest BCUT2D eigenvalue weighted by Gasteiger charge is -2.36. The van der Waals surface area contributed by atoms with Crippen molar-refractivity contribution in [1.82, 2.24) is 30.8 Å². The Balaban J connectivity index is 1.10. The number of ether oxygens (including phenoxy) is 3. The minimum atomic E-state index is -0.824. The summed E-state index contributed by atoms with van der Waals surface area (Å²) in [5, 5.41) is 28.0. The molecule has 12 nitrogen and oxygen atoms in total. The number of nitrogens with one attached hydrogen (secondary N) is 2. The fraction of sp³-hybridized carbons (Fsp3) is 0.270. The number of carbonyl (C=O) groups excluding carboxylic acids is 2. The highest BCUT2D eigenvalue weighted by atomic mass is 32.2. The van der Waals surface area contributed by atoms with Crippen LogP contribution in [0.15, 0.2) is 114 Å². The van der Waals surface area contributed by atoms with E-state index in [2.05, 4.69) is 26.2 Å². The first-order chi connectivity index (χ1) is 24.5. The highest BCUT2D eigenvalue weighted by molar-refractivity contribution is 7.99. The molecule has 1 fully saturated rings. The van der Waals surface area contributed by atoms with Gasteiger partial charge in [-0.15, -0.1) is 5.10 Å². The minimum Gasteiger partial charge on any atom is -0.467 e. The van der Waals surface area contributed by atoms with Crippen molar-refractivity contribution in [2.24, 2.45) is 0 Å². The first kappa shape index (κ1) is 34.8. The van der Waals surface area contributed by atoms with Crippen LogP contribution >= 0.6 is 11.8 Å². The highest BCUT2D eigenvalue weighted by Gasteiger charge is 2.33. The van der Waals surface area contributed by atoms with Crippen molar-refractivity contribution in [1.29, 1.82) is 0 Å². The van der Waals surface area contributed by atoms with Crippen LogP contribution < -0.4 is 10.6 Å². The first-order valence-electron chi connectivity index (χ1n) is 16.2. The average molecular weight is 695 g/mol. The van der Waals surface area contributed by atoms with Gasteiger partial charge in [-0.1, -0.05) is 109 Å². The molecule has 0 aliphatic carbocycles. The Kier molecular flexibility index (Phi) is 11.8. The van der Waals surface area contributed by atoms with Gasteiger partial charge in [0.05, 0.1) is 31.6 Å². The number of carbonyl (C=O) groups is 2. The van der Waals surface area contributed by atoms with Crippen LogP contribution in [-0.2, 0) is 38.6 Å². The normalized spacial score (nSPS) is 17.8. The van der Waals surface area contributed by atoms with Crippen LogP contribution in [0.3, 0.4) is 0 Å². The summed E-state index contributed by atoms with van der Waals surface area (Å²) in [6.45, 7) is 0.211. The molecule has 50 heavy (non-hydrogen) atoms. The summed E-state index contributed by atoms with van der Waals surface area (Å²) in [6.07, 6.45) is -0.159. The Morgan fingerprint density at radius 2 is 1.58 bits per heavy atom. The molecule has 3 N–H and O–H groups in total. The standard InChI is InChI=1S/C37H38N6O6S/c1-47-34(45)32(20-25-8-4-2-5-9-25)39-36(46)38-22-26-12-18-29(19-13-26)35-48-31(21-33(49-35)28-16-14-27(23-44)15-17-28)24-50-37-40-41-42-43(37)30-10-6-3-7-11-30/h2-19,31-33,35,44H,20-24H2,1H3,(H2,38,39,46)/t31-,32+,33+,35+/m1/s1. The Bertz CT molecular complexity index is 1830. The van der Waals surface area contributed by atoms with Crippen molar-refractivity contribution in [3.05, 3.63) is 137 Å². The van der Waals surface area contributed by atoms with Crippen molar-refractivity contribution in [2.75, 3.05) is 12.9 Å². The first-order valence-corrected chi connectivity index (χ1v) is 17.2. The number of hydrogen-bond acceptors (Lipinski definition) is 10. The number of aliphatic hydroxyl groups excluding tert-OH is 1. The van der Waals surface area contributed by atoms with Gasteiger partial charge in [0.2, 0.25) is 5.16 Å². The molecule has 1 saturated heterocycles. The number of nitrogens with zero attached hydrogens (tertiary/aromatic N) is 4. The van der Waals surface area contributed by atoms with Crippen molar-refractivity contribution in [3.63, 3.8) is 0 Å². The summed E-state index contributed by atoms with van der Waals surface area (Å²) >= 11 is 1.51. The molecular formula is C37H38N6O6S. The summed E-state index contributed by atoms with van der Waals surface area (Å²) in [4.78, 5) is 25.1. The third-order valence-electron chi connectivity index (χ3n) is 8.23. The van der Waals surface area contributed by atoms with E-state index in [1.165, 1.54) is 18.9 Å². The second kappa shape index (κ2) is 17.0. The van der Waals surface area contributed by atoms with Gasteiger partial charge in [0.25, 0.3) is 0 Å². The van der Waals surface area contributed by atoms with Crippen molar-refractivity contribution in [2.45, 2.75) is 55.7 Å². The third-order valence-corrected chi connectivity index (χ3v) is 9.28. The fourth-order valence-electron chi connectivity index (χ4n) is 5.56. The molecule has 2 heterocycles. The van der Waals surface area contributed by atoms with Gasteiger partial charge in [0.15, 0.2) is 6.29 Å². The maximum atomic E-state index is 12.7. The van der Waals surface area contributed by atoms with Crippen LogP contribution in [0.4, 0.5) is 4.79 Å². The van der Waals surface area contributed by atoms with Crippen LogP contribution in [-0.4, -0.2) is 62.3 Å².